The van der Waals surface area contributed by atoms with Crippen molar-refractivity contribution < 1.29 is 24.3 Å². The second-order valence-corrected chi connectivity index (χ2v) is 10.7. The number of unbranched alkanes of at least 4 members (excludes halogenated alkanes) is 1. The van der Waals surface area contributed by atoms with E-state index in [1.54, 1.807) is 17.0 Å². The maximum Gasteiger partial charge on any atom is 0.326 e. The first-order valence-corrected chi connectivity index (χ1v) is 14.2. The van der Waals surface area contributed by atoms with Crippen LogP contribution >= 0.6 is 0 Å². The number of carboxylic acid groups (broad SMARTS) is 1. The van der Waals surface area contributed by atoms with Gasteiger partial charge in [0.15, 0.2) is 0 Å². The molecule has 6 N–H and O–H groups in total. The number of hydrogen-bond acceptors (Lipinski definition) is 5. The number of rotatable bonds is 12. The second-order valence-electron chi connectivity index (χ2n) is 10.7. The lowest BCUT2D eigenvalue weighted by atomic mass is 9.90. The van der Waals surface area contributed by atoms with Crippen LogP contribution in [0.4, 0.5) is 0 Å². The van der Waals surface area contributed by atoms with Crippen molar-refractivity contribution in [1.29, 1.82) is 0 Å². The van der Waals surface area contributed by atoms with Crippen LogP contribution in [0.2, 0.25) is 0 Å². The Hall–Kier alpha value is -4.18. The first-order valence-electron chi connectivity index (χ1n) is 14.2. The molecule has 10 nitrogen and oxygen atoms in total. The zero-order valence-corrected chi connectivity index (χ0v) is 23.3. The van der Waals surface area contributed by atoms with Crippen molar-refractivity contribution >= 4 is 34.6 Å². The van der Waals surface area contributed by atoms with Crippen molar-refractivity contribution in [3.63, 3.8) is 0 Å². The summed E-state index contributed by atoms with van der Waals surface area (Å²) in [6, 6.07) is 14.7. The SMILES string of the molecule is CC(c1c[nH]c2ccccc12)C(NC(=O)C1CCN(C(=O)c2ccccc2)CC1)C(=O)NC(CCCCN)C(=O)O. The third-order valence-corrected chi connectivity index (χ3v) is 7.93. The minimum atomic E-state index is -1.13. The van der Waals surface area contributed by atoms with E-state index in [0.29, 0.717) is 50.9 Å². The number of benzene rings is 2. The molecular formula is C31H39N5O5. The number of para-hydroxylation sites is 1. The number of H-pyrrole nitrogens is 1. The third-order valence-electron chi connectivity index (χ3n) is 7.93. The first-order chi connectivity index (χ1) is 19.8. The van der Waals surface area contributed by atoms with Crippen LogP contribution in [-0.2, 0) is 14.4 Å². The molecule has 3 atom stereocenters. The number of likely N-dealkylation sites (tertiary alicyclic amines) is 1. The van der Waals surface area contributed by atoms with Gasteiger partial charge in [0.25, 0.3) is 5.91 Å². The fraction of sp³-hybridized carbons (Fsp3) is 0.419. The standard InChI is InChI=1S/C31H39N5O5/c1-20(24-19-33-25-12-6-5-11-23(24)25)27(29(38)34-26(31(40)41)13-7-8-16-32)35-28(37)21-14-17-36(18-15-21)30(39)22-9-3-2-4-10-22/h2-6,9-12,19-21,26-27,33H,7-8,13-18,32H2,1H3,(H,34,38)(H,35,37)(H,40,41). The lowest BCUT2D eigenvalue weighted by Gasteiger charge is -2.33. The van der Waals surface area contributed by atoms with Crippen molar-refractivity contribution in [3.05, 3.63) is 71.9 Å². The highest BCUT2D eigenvalue weighted by Crippen LogP contribution is 2.29. The molecule has 0 bridgehead atoms. The lowest BCUT2D eigenvalue weighted by molar-refractivity contribution is -0.142. The smallest absolute Gasteiger partial charge is 0.326 e. The molecule has 1 saturated heterocycles. The number of aromatic amines is 1. The minimum Gasteiger partial charge on any atom is -0.480 e. The van der Waals surface area contributed by atoms with Gasteiger partial charge in [-0.15, -0.1) is 0 Å². The number of amides is 3. The largest absolute Gasteiger partial charge is 0.480 e. The molecule has 3 unspecified atom stereocenters. The maximum atomic E-state index is 13.6. The molecule has 1 aliphatic rings. The van der Waals surface area contributed by atoms with E-state index in [4.69, 9.17) is 5.73 Å². The predicted octanol–water partition coefficient (Wildman–Crippen LogP) is 3.01. The normalized spacial score (nSPS) is 16.1. The van der Waals surface area contributed by atoms with Crippen LogP contribution < -0.4 is 16.4 Å². The Balaban J connectivity index is 1.48. The summed E-state index contributed by atoms with van der Waals surface area (Å²) in [4.78, 5) is 56.8. The Kier molecular flexibility index (Phi) is 10.1. The number of nitrogens with one attached hydrogen (secondary N) is 3. The van der Waals surface area contributed by atoms with E-state index >= 15 is 0 Å². The van der Waals surface area contributed by atoms with E-state index in [0.717, 1.165) is 16.5 Å². The van der Waals surface area contributed by atoms with Gasteiger partial charge in [-0.1, -0.05) is 43.3 Å². The number of carboxylic acids is 1. The van der Waals surface area contributed by atoms with Gasteiger partial charge in [0.05, 0.1) is 0 Å². The van der Waals surface area contributed by atoms with Gasteiger partial charge in [0, 0.05) is 47.6 Å². The maximum absolute atomic E-state index is 13.6. The Morgan fingerprint density at radius 3 is 2.37 bits per heavy atom. The molecule has 2 heterocycles. The summed E-state index contributed by atoms with van der Waals surface area (Å²) >= 11 is 0. The topological polar surface area (TPSA) is 158 Å². The Bertz CT molecular complexity index is 1350. The summed E-state index contributed by atoms with van der Waals surface area (Å²) in [6.45, 7) is 3.16. The highest BCUT2D eigenvalue weighted by molar-refractivity contribution is 5.95. The fourth-order valence-electron chi connectivity index (χ4n) is 5.46. The number of carbonyl (C=O) groups is 4. The summed E-state index contributed by atoms with van der Waals surface area (Å²) in [6.07, 6.45) is 4.22. The van der Waals surface area contributed by atoms with E-state index in [2.05, 4.69) is 15.6 Å². The molecule has 218 valence electrons. The van der Waals surface area contributed by atoms with Crippen molar-refractivity contribution in [2.45, 2.75) is 57.0 Å². The molecule has 0 radical (unpaired) electrons. The number of nitrogens with zero attached hydrogens (tertiary/aromatic N) is 1. The summed E-state index contributed by atoms with van der Waals surface area (Å²) in [5, 5.41) is 16.3. The van der Waals surface area contributed by atoms with Crippen LogP contribution in [0.25, 0.3) is 10.9 Å². The van der Waals surface area contributed by atoms with Crippen LogP contribution in [0.5, 0.6) is 0 Å². The molecule has 1 aromatic heterocycles. The molecular weight excluding hydrogens is 522 g/mol. The lowest BCUT2D eigenvalue weighted by Crippen LogP contribution is -2.55. The molecule has 0 spiro atoms. The number of piperidine rings is 1. The van der Waals surface area contributed by atoms with E-state index in [-0.39, 0.29) is 24.2 Å². The highest BCUT2D eigenvalue weighted by atomic mass is 16.4. The molecule has 1 fully saturated rings. The summed E-state index contributed by atoms with van der Waals surface area (Å²) in [7, 11) is 0. The number of hydrogen-bond donors (Lipinski definition) is 5. The Labute approximate surface area is 239 Å². The van der Waals surface area contributed by atoms with Gasteiger partial charge in [-0.3, -0.25) is 14.4 Å². The molecule has 1 aliphatic heterocycles. The van der Waals surface area contributed by atoms with Crippen LogP contribution in [0.1, 0.15) is 60.9 Å². The van der Waals surface area contributed by atoms with Crippen molar-refractivity contribution in [2.24, 2.45) is 11.7 Å². The van der Waals surface area contributed by atoms with Crippen LogP contribution in [0.15, 0.2) is 60.8 Å². The minimum absolute atomic E-state index is 0.0657. The van der Waals surface area contributed by atoms with Crippen LogP contribution in [-0.4, -0.2) is 70.4 Å². The van der Waals surface area contributed by atoms with Gasteiger partial charge in [-0.05, 0) is 62.4 Å². The monoisotopic (exact) mass is 561 g/mol. The van der Waals surface area contributed by atoms with Gasteiger partial charge in [0.1, 0.15) is 12.1 Å². The second kappa shape index (κ2) is 13.9. The van der Waals surface area contributed by atoms with Crippen molar-refractivity contribution in [2.75, 3.05) is 19.6 Å². The van der Waals surface area contributed by atoms with E-state index < -0.39 is 29.9 Å². The van der Waals surface area contributed by atoms with Gasteiger partial charge in [-0.25, -0.2) is 4.79 Å². The van der Waals surface area contributed by atoms with Gasteiger partial charge >= 0.3 is 5.97 Å². The van der Waals surface area contributed by atoms with E-state index in [9.17, 15) is 24.3 Å². The molecule has 0 aliphatic carbocycles. The van der Waals surface area contributed by atoms with Crippen LogP contribution in [0, 0.1) is 5.92 Å². The average molecular weight is 562 g/mol. The quantitative estimate of drug-likeness (QED) is 0.214. The molecule has 2 aromatic carbocycles. The van der Waals surface area contributed by atoms with Crippen molar-refractivity contribution in [1.82, 2.24) is 20.5 Å². The fourth-order valence-corrected chi connectivity index (χ4v) is 5.46. The highest BCUT2D eigenvalue weighted by Gasteiger charge is 2.35. The molecule has 3 amide bonds. The number of nitrogens with two attached hydrogens (primary N) is 1. The zero-order valence-electron chi connectivity index (χ0n) is 23.3. The summed E-state index contributed by atoms with van der Waals surface area (Å²) < 4.78 is 0. The molecule has 0 saturated carbocycles. The van der Waals surface area contributed by atoms with Gasteiger partial charge in [-0.2, -0.15) is 0 Å². The van der Waals surface area contributed by atoms with Gasteiger partial charge in [0.2, 0.25) is 11.8 Å². The van der Waals surface area contributed by atoms with Crippen LogP contribution in [0.3, 0.4) is 0 Å². The predicted molar refractivity (Wildman–Crippen MR) is 156 cm³/mol. The molecule has 41 heavy (non-hydrogen) atoms. The van der Waals surface area contributed by atoms with E-state index in [1.807, 2.05) is 55.6 Å². The molecule has 4 rings (SSSR count). The average Bonchev–Trinajstić information content (AvgIpc) is 3.43. The number of carbonyl (C=O) groups excluding carboxylic acids is 3. The zero-order chi connectivity index (χ0) is 29.4. The molecule has 10 heteroatoms. The molecule has 3 aromatic rings. The summed E-state index contributed by atoms with van der Waals surface area (Å²) in [5.74, 6) is -2.85. The Morgan fingerprint density at radius 1 is 1.00 bits per heavy atom. The Morgan fingerprint density at radius 2 is 1.68 bits per heavy atom. The third kappa shape index (κ3) is 7.32. The number of aromatic nitrogens is 1. The van der Waals surface area contributed by atoms with Gasteiger partial charge < -0.3 is 31.4 Å². The van der Waals surface area contributed by atoms with E-state index in [1.165, 1.54) is 0 Å². The van der Waals surface area contributed by atoms with Crippen molar-refractivity contribution in [3.8, 4) is 0 Å². The number of aliphatic carboxylic acids is 1. The summed E-state index contributed by atoms with van der Waals surface area (Å²) in [5.41, 5.74) is 7.91. The first kappa shape index (κ1) is 29.8. The number of fused-ring (bicyclic) bond motifs is 1.